The molecule has 0 aliphatic heterocycles. The standard InChI is InChI=1S/C14H19N3O/c15-11-5-3-4-10(11)14-16-12-6-1-2-7-13(12)17(14)8-9-18/h1-2,6-7,10-11,18H,3-5,8-9,15H2. The van der Waals surface area contributed by atoms with Crippen molar-refractivity contribution in [2.45, 2.75) is 37.8 Å². The van der Waals surface area contributed by atoms with Crippen molar-refractivity contribution in [3.8, 4) is 0 Å². The normalized spacial score (nSPS) is 23.9. The van der Waals surface area contributed by atoms with Gasteiger partial charge in [0, 0.05) is 18.5 Å². The monoisotopic (exact) mass is 245 g/mol. The molecular weight excluding hydrogens is 226 g/mol. The summed E-state index contributed by atoms with van der Waals surface area (Å²) in [6.45, 7) is 0.731. The fourth-order valence-electron chi connectivity index (χ4n) is 3.02. The van der Waals surface area contributed by atoms with E-state index in [1.165, 1.54) is 6.42 Å². The molecule has 2 atom stereocenters. The van der Waals surface area contributed by atoms with Gasteiger partial charge in [-0.25, -0.2) is 4.98 Å². The van der Waals surface area contributed by atoms with Crippen LogP contribution in [0, 0.1) is 0 Å². The number of hydrogen-bond acceptors (Lipinski definition) is 3. The van der Waals surface area contributed by atoms with E-state index >= 15 is 0 Å². The molecule has 0 spiro atoms. The lowest BCUT2D eigenvalue weighted by molar-refractivity contribution is 0.274. The first-order chi connectivity index (χ1) is 8.81. The maximum Gasteiger partial charge on any atom is 0.114 e. The molecule has 3 N–H and O–H groups in total. The van der Waals surface area contributed by atoms with Gasteiger partial charge in [0.25, 0.3) is 0 Å². The fraction of sp³-hybridized carbons (Fsp3) is 0.500. The van der Waals surface area contributed by atoms with Gasteiger partial charge in [-0.1, -0.05) is 18.6 Å². The van der Waals surface area contributed by atoms with Crippen LogP contribution in [0.3, 0.4) is 0 Å². The highest BCUT2D eigenvalue weighted by molar-refractivity contribution is 5.76. The van der Waals surface area contributed by atoms with Gasteiger partial charge in [0.2, 0.25) is 0 Å². The third-order valence-corrected chi connectivity index (χ3v) is 3.91. The lowest BCUT2D eigenvalue weighted by Crippen LogP contribution is -2.25. The van der Waals surface area contributed by atoms with E-state index in [2.05, 4.69) is 10.6 Å². The smallest absolute Gasteiger partial charge is 0.114 e. The van der Waals surface area contributed by atoms with Gasteiger partial charge >= 0.3 is 0 Å². The molecule has 1 aromatic carbocycles. The van der Waals surface area contributed by atoms with Crippen LogP contribution in [0.5, 0.6) is 0 Å². The summed E-state index contributed by atoms with van der Waals surface area (Å²) in [7, 11) is 0. The zero-order valence-electron chi connectivity index (χ0n) is 10.4. The van der Waals surface area contributed by atoms with E-state index in [0.717, 1.165) is 29.7 Å². The van der Waals surface area contributed by atoms with Crippen LogP contribution in [0.1, 0.15) is 31.0 Å². The minimum Gasteiger partial charge on any atom is -0.395 e. The maximum atomic E-state index is 9.25. The Morgan fingerprint density at radius 3 is 2.89 bits per heavy atom. The first-order valence-electron chi connectivity index (χ1n) is 6.63. The van der Waals surface area contributed by atoms with Crippen LogP contribution >= 0.6 is 0 Å². The first-order valence-corrected chi connectivity index (χ1v) is 6.63. The number of para-hydroxylation sites is 2. The zero-order valence-corrected chi connectivity index (χ0v) is 10.4. The Morgan fingerprint density at radius 2 is 2.17 bits per heavy atom. The molecule has 18 heavy (non-hydrogen) atoms. The van der Waals surface area contributed by atoms with E-state index in [1.54, 1.807) is 0 Å². The van der Waals surface area contributed by atoms with Crippen LogP contribution in [0.2, 0.25) is 0 Å². The molecule has 4 heteroatoms. The van der Waals surface area contributed by atoms with Crippen LogP contribution in [0.25, 0.3) is 11.0 Å². The predicted molar refractivity (Wildman–Crippen MR) is 71.4 cm³/mol. The highest BCUT2D eigenvalue weighted by Crippen LogP contribution is 2.34. The number of nitrogens with zero attached hydrogens (tertiary/aromatic N) is 2. The Kier molecular flexibility index (Phi) is 3.06. The van der Waals surface area contributed by atoms with Gasteiger partial charge in [0.15, 0.2) is 0 Å². The van der Waals surface area contributed by atoms with E-state index in [1.807, 2.05) is 18.2 Å². The minimum atomic E-state index is 0.134. The Labute approximate surface area is 106 Å². The number of nitrogens with two attached hydrogens (primary N) is 1. The van der Waals surface area contributed by atoms with Crippen LogP contribution in [0.15, 0.2) is 24.3 Å². The molecule has 1 aromatic heterocycles. The van der Waals surface area contributed by atoms with Gasteiger partial charge in [-0.3, -0.25) is 0 Å². The van der Waals surface area contributed by atoms with Crippen molar-refractivity contribution in [1.82, 2.24) is 9.55 Å². The largest absolute Gasteiger partial charge is 0.395 e. The number of aliphatic hydroxyl groups is 1. The van der Waals surface area contributed by atoms with Crippen molar-refractivity contribution in [3.05, 3.63) is 30.1 Å². The summed E-state index contributed by atoms with van der Waals surface area (Å²) in [6, 6.07) is 8.29. The van der Waals surface area contributed by atoms with Gasteiger partial charge in [-0.15, -0.1) is 0 Å². The molecule has 3 rings (SSSR count). The SMILES string of the molecule is NC1CCCC1c1nc2ccccc2n1CCO. The van der Waals surface area contributed by atoms with E-state index in [4.69, 9.17) is 10.7 Å². The van der Waals surface area contributed by atoms with Gasteiger partial charge in [-0.05, 0) is 25.0 Å². The van der Waals surface area contributed by atoms with Crippen molar-refractivity contribution in [3.63, 3.8) is 0 Å². The second-order valence-corrected chi connectivity index (χ2v) is 5.04. The average molecular weight is 245 g/mol. The number of fused-ring (bicyclic) bond motifs is 1. The maximum absolute atomic E-state index is 9.25. The highest BCUT2D eigenvalue weighted by atomic mass is 16.3. The van der Waals surface area contributed by atoms with Gasteiger partial charge in [0.1, 0.15) is 5.82 Å². The minimum absolute atomic E-state index is 0.134. The zero-order chi connectivity index (χ0) is 12.5. The third kappa shape index (κ3) is 1.82. The molecule has 4 nitrogen and oxygen atoms in total. The van der Waals surface area contributed by atoms with Crippen LogP contribution in [-0.4, -0.2) is 27.3 Å². The lowest BCUT2D eigenvalue weighted by atomic mass is 10.0. The molecule has 2 aromatic rings. The average Bonchev–Trinajstić information content (AvgIpc) is 2.94. The topological polar surface area (TPSA) is 64.1 Å². The molecule has 1 aliphatic carbocycles. The molecular formula is C14H19N3O. The van der Waals surface area contributed by atoms with Crippen molar-refractivity contribution in [2.75, 3.05) is 6.61 Å². The number of aromatic nitrogens is 2. The Morgan fingerprint density at radius 1 is 1.33 bits per heavy atom. The molecule has 0 radical (unpaired) electrons. The summed E-state index contributed by atoms with van der Waals surface area (Å²) in [4.78, 5) is 4.74. The summed E-state index contributed by atoms with van der Waals surface area (Å²) in [5.74, 6) is 1.39. The summed E-state index contributed by atoms with van der Waals surface area (Å²) >= 11 is 0. The van der Waals surface area contributed by atoms with Crippen molar-refractivity contribution in [2.24, 2.45) is 5.73 Å². The van der Waals surface area contributed by atoms with Crippen LogP contribution in [-0.2, 0) is 6.54 Å². The fourth-order valence-corrected chi connectivity index (χ4v) is 3.02. The lowest BCUT2D eigenvalue weighted by Gasteiger charge is -2.16. The predicted octanol–water partition coefficient (Wildman–Crippen LogP) is 1.62. The summed E-state index contributed by atoms with van der Waals surface area (Å²) in [5, 5.41) is 9.25. The number of hydrogen-bond donors (Lipinski definition) is 2. The molecule has 1 fully saturated rings. The number of imidazole rings is 1. The van der Waals surface area contributed by atoms with Crippen molar-refractivity contribution in [1.29, 1.82) is 0 Å². The van der Waals surface area contributed by atoms with Crippen molar-refractivity contribution >= 4 is 11.0 Å². The second kappa shape index (κ2) is 4.71. The van der Waals surface area contributed by atoms with Crippen LogP contribution < -0.4 is 5.73 Å². The quantitative estimate of drug-likeness (QED) is 0.863. The summed E-state index contributed by atoms with van der Waals surface area (Å²) in [6.07, 6.45) is 3.36. The number of rotatable bonds is 3. The number of aliphatic hydroxyl groups excluding tert-OH is 1. The summed E-state index contributed by atoms with van der Waals surface area (Å²) < 4.78 is 2.13. The molecule has 2 unspecified atom stereocenters. The Bertz CT molecular complexity index is 549. The van der Waals surface area contributed by atoms with E-state index < -0.39 is 0 Å². The van der Waals surface area contributed by atoms with E-state index in [9.17, 15) is 5.11 Å². The van der Waals surface area contributed by atoms with Gasteiger partial charge in [0.05, 0.1) is 17.6 Å². The molecule has 1 heterocycles. The van der Waals surface area contributed by atoms with Crippen LogP contribution in [0.4, 0.5) is 0 Å². The Hall–Kier alpha value is -1.39. The molecule has 0 amide bonds. The van der Waals surface area contributed by atoms with E-state index in [-0.39, 0.29) is 12.6 Å². The highest BCUT2D eigenvalue weighted by Gasteiger charge is 2.29. The molecule has 1 aliphatic rings. The number of benzene rings is 1. The molecule has 96 valence electrons. The third-order valence-electron chi connectivity index (χ3n) is 3.91. The molecule has 1 saturated carbocycles. The molecule has 0 saturated heterocycles. The van der Waals surface area contributed by atoms with Crippen molar-refractivity contribution < 1.29 is 5.11 Å². The Balaban J connectivity index is 2.12. The first kappa shape index (κ1) is 11.7. The van der Waals surface area contributed by atoms with Gasteiger partial charge in [-0.2, -0.15) is 0 Å². The van der Waals surface area contributed by atoms with Gasteiger partial charge < -0.3 is 15.4 Å². The molecule has 0 bridgehead atoms. The summed E-state index contributed by atoms with van der Waals surface area (Å²) in [5.41, 5.74) is 8.28. The van der Waals surface area contributed by atoms with E-state index in [0.29, 0.717) is 12.5 Å². The second-order valence-electron chi connectivity index (χ2n) is 5.04.